The van der Waals surface area contributed by atoms with E-state index < -0.39 is 6.09 Å². The van der Waals surface area contributed by atoms with Crippen LogP contribution in [0.4, 0.5) is 4.79 Å². The zero-order valence-electron chi connectivity index (χ0n) is 5.68. The van der Waals surface area contributed by atoms with Gasteiger partial charge in [0.15, 0.2) is 0 Å². The number of nitrogens with two attached hydrogens (primary N) is 1. The first-order valence-corrected chi connectivity index (χ1v) is 2.74. The van der Waals surface area contributed by atoms with E-state index in [1.165, 1.54) is 7.11 Å². The van der Waals surface area contributed by atoms with E-state index in [0.717, 1.165) is 0 Å². The molecule has 0 saturated carbocycles. The van der Waals surface area contributed by atoms with Gasteiger partial charge in [0.1, 0.15) is 0 Å². The number of methoxy groups -OCH3 is 1. The van der Waals surface area contributed by atoms with E-state index in [1.54, 1.807) is 6.92 Å². The Morgan fingerprint density at radius 3 is 2.78 bits per heavy atom. The van der Waals surface area contributed by atoms with Gasteiger partial charge in [0.25, 0.3) is 0 Å². The Balaban J connectivity index is 3.17. The second-order valence-corrected chi connectivity index (χ2v) is 1.85. The van der Waals surface area contributed by atoms with Crippen LogP contribution in [0.5, 0.6) is 0 Å². The zero-order chi connectivity index (χ0) is 7.28. The number of ether oxygens (including phenoxy) is 1. The second-order valence-electron chi connectivity index (χ2n) is 1.85. The molecular weight excluding hydrogens is 120 g/mol. The minimum Gasteiger partial charge on any atom is -0.453 e. The van der Waals surface area contributed by atoms with Crippen LogP contribution in [-0.2, 0) is 4.74 Å². The molecule has 0 fully saturated rings. The van der Waals surface area contributed by atoms with Crippen LogP contribution in [0, 0.1) is 0 Å². The number of carbonyl (C=O) groups excluding carboxylic acids is 1. The molecule has 0 aliphatic heterocycles. The van der Waals surface area contributed by atoms with Crippen LogP contribution in [0.1, 0.15) is 6.92 Å². The first-order valence-electron chi connectivity index (χ1n) is 2.74. The summed E-state index contributed by atoms with van der Waals surface area (Å²) in [5.74, 6) is 0. The van der Waals surface area contributed by atoms with Crippen molar-refractivity contribution < 1.29 is 9.53 Å². The highest BCUT2D eigenvalue weighted by molar-refractivity contribution is 5.66. The van der Waals surface area contributed by atoms with Gasteiger partial charge in [0.05, 0.1) is 7.11 Å². The standard InChI is InChI=1S/C5H12N2O2/c1-4(6)3-7-5(8)9-2/h4H,3,6H2,1-2H3,(H,7,8). The second kappa shape index (κ2) is 4.14. The molecule has 0 spiro atoms. The van der Waals surface area contributed by atoms with Crippen LogP contribution in [-0.4, -0.2) is 25.8 Å². The molecule has 54 valence electrons. The number of carbonyl (C=O) groups is 1. The first kappa shape index (κ1) is 8.23. The lowest BCUT2D eigenvalue weighted by molar-refractivity contribution is 0.170. The van der Waals surface area contributed by atoms with E-state index in [1.807, 2.05) is 0 Å². The van der Waals surface area contributed by atoms with Crippen molar-refractivity contribution in [3.8, 4) is 0 Å². The zero-order valence-corrected chi connectivity index (χ0v) is 5.68. The summed E-state index contributed by atoms with van der Waals surface area (Å²) in [4.78, 5) is 10.3. The number of amides is 1. The van der Waals surface area contributed by atoms with E-state index in [9.17, 15) is 4.79 Å². The van der Waals surface area contributed by atoms with Crippen LogP contribution in [0.15, 0.2) is 0 Å². The van der Waals surface area contributed by atoms with Crippen LogP contribution >= 0.6 is 0 Å². The van der Waals surface area contributed by atoms with Crippen molar-refractivity contribution in [3.05, 3.63) is 0 Å². The highest BCUT2D eigenvalue weighted by atomic mass is 16.5. The largest absolute Gasteiger partial charge is 0.453 e. The molecule has 0 rings (SSSR count). The molecule has 0 bridgehead atoms. The number of rotatable bonds is 2. The van der Waals surface area contributed by atoms with Gasteiger partial charge in [0.2, 0.25) is 0 Å². The summed E-state index contributed by atoms with van der Waals surface area (Å²) in [7, 11) is 1.32. The SMILES string of the molecule is COC(=O)NCC(C)N. The third kappa shape index (κ3) is 5.10. The van der Waals surface area contributed by atoms with E-state index in [-0.39, 0.29) is 6.04 Å². The van der Waals surface area contributed by atoms with Gasteiger partial charge in [-0.05, 0) is 6.92 Å². The van der Waals surface area contributed by atoms with Crippen molar-refractivity contribution in [2.45, 2.75) is 13.0 Å². The van der Waals surface area contributed by atoms with Gasteiger partial charge in [-0.3, -0.25) is 0 Å². The average molecular weight is 132 g/mol. The van der Waals surface area contributed by atoms with Gasteiger partial charge < -0.3 is 15.8 Å². The molecule has 1 unspecified atom stereocenters. The van der Waals surface area contributed by atoms with E-state index in [4.69, 9.17) is 5.73 Å². The summed E-state index contributed by atoms with van der Waals surface area (Å²) in [5.41, 5.74) is 5.33. The normalized spacial score (nSPS) is 12.3. The molecule has 0 aliphatic rings. The maximum atomic E-state index is 10.3. The van der Waals surface area contributed by atoms with Gasteiger partial charge in [-0.1, -0.05) is 0 Å². The Hall–Kier alpha value is -0.770. The Labute approximate surface area is 54.4 Å². The van der Waals surface area contributed by atoms with E-state index >= 15 is 0 Å². The van der Waals surface area contributed by atoms with Crippen LogP contribution in [0.3, 0.4) is 0 Å². The lowest BCUT2D eigenvalue weighted by Crippen LogP contribution is -2.34. The summed E-state index contributed by atoms with van der Waals surface area (Å²) in [6.45, 7) is 2.25. The summed E-state index contributed by atoms with van der Waals surface area (Å²) in [6, 6.07) is -0.0240. The first-order chi connectivity index (χ1) is 4.16. The lowest BCUT2D eigenvalue weighted by Gasteiger charge is -2.04. The molecule has 0 aliphatic carbocycles. The fourth-order valence-electron chi connectivity index (χ4n) is 0.316. The summed E-state index contributed by atoms with van der Waals surface area (Å²) in [5, 5.41) is 2.45. The molecule has 0 aromatic carbocycles. The third-order valence-corrected chi connectivity index (χ3v) is 0.754. The minimum atomic E-state index is -0.438. The van der Waals surface area contributed by atoms with Crippen molar-refractivity contribution in [2.75, 3.05) is 13.7 Å². The Bertz CT molecular complexity index is 93.0. The van der Waals surface area contributed by atoms with Gasteiger partial charge in [-0.2, -0.15) is 0 Å². The molecular formula is C5H12N2O2. The highest BCUT2D eigenvalue weighted by Gasteiger charge is 1.97. The number of nitrogens with one attached hydrogen (secondary N) is 1. The Kier molecular flexibility index (Phi) is 3.79. The molecule has 0 saturated heterocycles. The molecule has 1 amide bonds. The van der Waals surface area contributed by atoms with Crippen molar-refractivity contribution in [1.29, 1.82) is 0 Å². The number of hydrogen-bond donors (Lipinski definition) is 2. The van der Waals surface area contributed by atoms with Crippen molar-refractivity contribution >= 4 is 6.09 Å². The maximum absolute atomic E-state index is 10.3. The molecule has 0 heterocycles. The maximum Gasteiger partial charge on any atom is 0.406 e. The molecule has 9 heavy (non-hydrogen) atoms. The lowest BCUT2D eigenvalue weighted by atomic mass is 10.4. The van der Waals surface area contributed by atoms with Gasteiger partial charge in [-0.25, -0.2) is 4.79 Å². The van der Waals surface area contributed by atoms with E-state index in [2.05, 4.69) is 10.1 Å². The molecule has 3 N–H and O–H groups in total. The molecule has 0 aromatic heterocycles. The third-order valence-electron chi connectivity index (χ3n) is 0.754. The quantitative estimate of drug-likeness (QED) is 0.541. The predicted octanol–water partition coefficient (Wildman–Crippen LogP) is -0.310. The van der Waals surface area contributed by atoms with Crippen molar-refractivity contribution in [3.63, 3.8) is 0 Å². The molecule has 0 radical (unpaired) electrons. The number of alkyl carbamates (subject to hydrolysis) is 1. The Morgan fingerprint density at radius 2 is 2.44 bits per heavy atom. The fraction of sp³-hybridized carbons (Fsp3) is 0.800. The van der Waals surface area contributed by atoms with Crippen molar-refractivity contribution in [2.24, 2.45) is 5.73 Å². The number of hydrogen-bond acceptors (Lipinski definition) is 3. The monoisotopic (exact) mass is 132 g/mol. The van der Waals surface area contributed by atoms with Gasteiger partial charge in [-0.15, -0.1) is 0 Å². The molecule has 4 nitrogen and oxygen atoms in total. The van der Waals surface area contributed by atoms with Crippen LogP contribution in [0.2, 0.25) is 0 Å². The fourth-order valence-corrected chi connectivity index (χ4v) is 0.316. The van der Waals surface area contributed by atoms with Crippen LogP contribution < -0.4 is 11.1 Å². The Morgan fingerprint density at radius 1 is 1.89 bits per heavy atom. The van der Waals surface area contributed by atoms with Crippen LogP contribution in [0.25, 0.3) is 0 Å². The van der Waals surface area contributed by atoms with Gasteiger partial charge in [0, 0.05) is 12.6 Å². The topological polar surface area (TPSA) is 64.3 Å². The minimum absolute atomic E-state index is 0.0240. The molecule has 4 heteroatoms. The highest BCUT2D eigenvalue weighted by Crippen LogP contribution is 1.72. The summed E-state index contributed by atoms with van der Waals surface area (Å²) >= 11 is 0. The predicted molar refractivity (Wildman–Crippen MR) is 34.1 cm³/mol. The smallest absolute Gasteiger partial charge is 0.406 e. The molecule has 1 atom stereocenters. The van der Waals surface area contributed by atoms with E-state index in [0.29, 0.717) is 6.54 Å². The summed E-state index contributed by atoms with van der Waals surface area (Å²) in [6.07, 6.45) is -0.438. The van der Waals surface area contributed by atoms with Crippen molar-refractivity contribution in [1.82, 2.24) is 5.32 Å². The van der Waals surface area contributed by atoms with Gasteiger partial charge >= 0.3 is 6.09 Å². The summed E-state index contributed by atoms with van der Waals surface area (Å²) < 4.78 is 4.30. The average Bonchev–Trinajstić information content (AvgIpc) is 1.83. The molecule has 0 aromatic rings.